The number of rotatable bonds is 0. The summed E-state index contributed by atoms with van der Waals surface area (Å²) in [4.78, 5) is 0.263. The SMILES string of the molecule is FC(F)(F)N1C=Cc2c(Br)cnn2C1. The molecular weight excluding hydrogens is 263 g/mol. The molecule has 0 saturated carbocycles. The normalized spacial score (nSPS) is 15.9. The van der Waals surface area contributed by atoms with E-state index in [1.54, 1.807) is 0 Å². The average Bonchev–Trinajstić information content (AvgIpc) is 2.46. The third kappa shape index (κ3) is 1.52. The van der Waals surface area contributed by atoms with E-state index in [9.17, 15) is 13.2 Å². The molecule has 7 heteroatoms. The van der Waals surface area contributed by atoms with Gasteiger partial charge in [-0.05, 0) is 22.0 Å². The van der Waals surface area contributed by atoms with Gasteiger partial charge in [0.25, 0.3) is 0 Å². The fraction of sp³-hybridized carbons (Fsp3) is 0.286. The smallest absolute Gasteiger partial charge is 0.271 e. The van der Waals surface area contributed by atoms with Crippen LogP contribution in [0.2, 0.25) is 0 Å². The van der Waals surface area contributed by atoms with E-state index in [1.165, 1.54) is 17.0 Å². The van der Waals surface area contributed by atoms with E-state index in [-0.39, 0.29) is 11.6 Å². The van der Waals surface area contributed by atoms with Crippen LogP contribution in [0, 0.1) is 0 Å². The molecule has 1 aliphatic heterocycles. The monoisotopic (exact) mass is 267 g/mol. The molecule has 0 saturated heterocycles. The van der Waals surface area contributed by atoms with Gasteiger partial charge in [0.2, 0.25) is 0 Å². The van der Waals surface area contributed by atoms with Gasteiger partial charge in [0.05, 0.1) is 16.4 Å². The lowest BCUT2D eigenvalue weighted by molar-refractivity contribution is -0.237. The molecule has 0 N–H and O–H groups in total. The number of hydrogen-bond donors (Lipinski definition) is 0. The van der Waals surface area contributed by atoms with E-state index >= 15 is 0 Å². The largest absolute Gasteiger partial charge is 0.485 e. The third-order valence-electron chi connectivity index (χ3n) is 1.86. The Labute approximate surface area is 85.9 Å². The molecule has 3 nitrogen and oxygen atoms in total. The Hall–Kier alpha value is -0.980. The Morgan fingerprint density at radius 1 is 1.43 bits per heavy atom. The van der Waals surface area contributed by atoms with E-state index in [2.05, 4.69) is 21.0 Å². The summed E-state index contributed by atoms with van der Waals surface area (Å²) in [6.45, 7) is -0.305. The van der Waals surface area contributed by atoms with Crippen LogP contribution in [-0.2, 0) is 6.67 Å². The minimum Gasteiger partial charge on any atom is -0.271 e. The van der Waals surface area contributed by atoms with Gasteiger partial charge in [-0.15, -0.1) is 0 Å². The molecule has 0 aromatic carbocycles. The molecule has 0 radical (unpaired) electrons. The van der Waals surface area contributed by atoms with Crippen molar-refractivity contribution in [3.63, 3.8) is 0 Å². The van der Waals surface area contributed by atoms with Gasteiger partial charge in [-0.25, -0.2) is 4.68 Å². The Morgan fingerprint density at radius 2 is 2.14 bits per heavy atom. The molecule has 2 rings (SSSR count). The van der Waals surface area contributed by atoms with Crippen molar-refractivity contribution in [3.8, 4) is 0 Å². The Balaban J connectivity index is 2.31. The van der Waals surface area contributed by atoms with Crippen LogP contribution in [0.15, 0.2) is 16.9 Å². The second kappa shape index (κ2) is 3.01. The highest BCUT2D eigenvalue weighted by atomic mass is 79.9. The maximum Gasteiger partial charge on any atom is 0.485 e. The van der Waals surface area contributed by atoms with Gasteiger partial charge in [0.15, 0.2) is 0 Å². The molecular formula is C7H5BrF3N3. The zero-order valence-corrected chi connectivity index (χ0v) is 8.38. The van der Waals surface area contributed by atoms with E-state index in [4.69, 9.17) is 0 Å². The lowest BCUT2D eigenvalue weighted by Gasteiger charge is -2.26. The summed E-state index contributed by atoms with van der Waals surface area (Å²) in [5.74, 6) is 0. The first-order chi connectivity index (χ1) is 6.48. The zero-order valence-electron chi connectivity index (χ0n) is 6.79. The van der Waals surface area contributed by atoms with Gasteiger partial charge < -0.3 is 0 Å². The third-order valence-corrected chi connectivity index (χ3v) is 2.47. The van der Waals surface area contributed by atoms with Crippen LogP contribution in [0.1, 0.15) is 5.69 Å². The predicted octanol–water partition coefficient (Wildman–Crippen LogP) is 2.41. The molecule has 2 heterocycles. The topological polar surface area (TPSA) is 21.1 Å². The zero-order chi connectivity index (χ0) is 10.3. The molecule has 0 amide bonds. The van der Waals surface area contributed by atoms with E-state index < -0.39 is 6.30 Å². The average molecular weight is 268 g/mol. The highest BCUT2D eigenvalue weighted by Crippen LogP contribution is 2.28. The van der Waals surface area contributed by atoms with Crippen LogP contribution in [0.5, 0.6) is 0 Å². The van der Waals surface area contributed by atoms with Crippen LogP contribution in [0.4, 0.5) is 13.2 Å². The fourth-order valence-electron chi connectivity index (χ4n) is 1.17. The second-order valence-electron chi connectivity index (χ2n) is 2.77. The molecule has 0 fully saturated rings. The highest BCUT2D eigenvalue weighted by molar-refractivity contribution is 9.10. The van der Waals surface area contributed by atoms with Crippen LogP contribution in [0.3, 0.4) is 0 Å². The molecule has 0 unspecified atom stereocenters. The van der Waals surface area contributed by atoms with E-state index in [0.29, 0.717) is 10.2 Å². The number of fused-ring (bicyclic) bond motifs is 1. The quantitative estimate of drug-likeness (QED) is 0.674. The lowest BCUT2D eigenvalue weighted by atomic mass is 10.4. The van der Waals surface area contributed by atoms with Gasteiger partial charge >= 0.3 is 6.30 Å². The fourth-order valence-corrected chi connectivity index (χ4v) is 1.60. The number of aromatic nitrogens is 2. The van der Waals surface area contributed by atoms with Crippen molar-refractivity contribution >= 4 is 22.0 Å². The van der Waals surface area contributed by atoms with Crippen molar-refractivity contribution in [1.82, 2.24) is 14.7 Å². The minimum absolute atomic E-state index is 0.263. The Bertz CT molecular complexity index is 382. The second-order valence-corrected chi connectivity index (χ2v) is 3.63. The van der Waals surface area contributed by atoms with Crippen molar-refractivity contribution in [1.29, 1.82) is 0 Å². The summed E-state index contributed by atoms with van der Waals surface area (Å²) in [5.41, 5.74) is 0.644. The Morgan fingerprint density at radius 3 is 2.79 bits per heavy atom. The Kier molecular flexibility index (Phi) is 2.06. The first-order valence-corrected chi connectivity index (χ1v) is 4.51. The van der Waals surface area contributed by atoms with E-state index in [1.807, 2.05) is 0 Å². The number of nitrogens with zero attached hydrogens (tertiary/aromatic N) is 3. The maximum absolute atomic E-state index is 12.3. The molecule has 1 aliphatic rings. The summed E-state index contributed by atoms with van der Waals surface area (Å²) < 4.78 is 38.8. The van der Waals surface area contributed by atoms with Crippen LogP contribution >= 0.6 is 15.9 Å². The molecule has 76 valence electrons. The maximum atomic E-state index is 12.3. The van der Waals surface area contributed by atoms with Gasteiger partial charge in [0.1, 0.15) is 6.67 Å². The molecule has 0 spiro atoms. The van der Waals surface area contributed by atoms with Gasteiger partial charge in [-0.1, -0.05) is 0 Å². The molecule has 0 aliphatic carbocycles. The first kappa shape index (κ1) is 9.57. The van der Waals surface area contributed by atoms with Crippen LogP contribution < -0.4 is 0 Å². The van der Waals surface area contributed by atoms with Crippen molar-refractivity contribution in [3.05, 3.63) is 22.6 Å². The van der Waals surface area contributed by atoms with Crippen LogP contribution in [-0.4, -0.2) is 21.0 Å². The number of halogens is 4. The van der Waals surface area contributed by atoms with Crippen molar-refractivity contribution in [2.45, 2.75) is 13.0 Å². The summed E-state index contributed by atoms with van der Waals surface area (Å²) in [6, 6.07) is 0. The van der Waals surface area contributed by atoms with Gasteiger partial charge in [-0.3, -0.25) is 4.90 Å². The predicted molar refractivity (Wildman–Crippen MR) is 46.9 cm³/mol. The first-order valence-electron chi connectivity index (χ1n) is 3.71. The molecule has 1 aromatic heterocycles. The molecule has 1 aromatic rings. The molecule has 14 heavy (non-hydrogen) atoms. The van der Waals surface area contributed by atoms with Crippen molar-refractivity contribution in [2.75, 3.05) is 0 Å². The summed E-state index contributed by atoms with van der Waals surface area (Å²) in [5, 5.41) is 3.80. The summed E-state index contributed by atoms with van der Waals surface area (Å²) in [6.07, 6.45) is -0.512. The highest BCUT2D eigenvalue weighted by Gasteiger charge is 2.36. The van der Waals surface area contributed by atoms with Crippen molar-refractivity contribution < 1.29 is 13.2 Å². The van der Waals surface area contributed by atoms with E-state index in [0.717, 1.165) is 6.20 Å². The summed E-state index contributed by atoms with van der Waals surface area (Å²) in [7, 11) is 0. The lowest BCUT2D eigenvalue weighted by Crippen LogP contribution is -2.37. The van der Waals surface area contributed by atoms with Crippen LogP contribution in [0.25, 0.3) is 6.08 Å². The number of alkyl halides is 3. The number of hydrogen-bond acceptors (Lipinski definition) is 2. The standard InChI is InChI=1S/C7H5BrF3N3/c8-5-3-12-14-4-13(7(9,10)11)2-1-6(5)14/h1-3H,4H2. The van der Waals surface area contributed by atoms with Gasteiger partial charge in [0, 0.05) is 6.20 Å². The summed E-state index contributed by atoms with van der Waals surface area (Å²) >= 11 is 3.19. The molecule has 0 atom stereocenters. The molecule has 0 bridgehead atoms. The van der Waals surface area contributed by atoms with Crippen molar-refractivity contribution in [2.24, 2.45) is 0 Å². The van der Waals surface area contributed by atoms with Gasteiger partial charge in [-0.2, -0.15) is 18.3 Å². The minimum atomic E-state index is -4.35.